The second-order valence-electron chi connectivity index (χ2n) is 3.57. The fourth-order valence-electron chi connectivity index (χ4n) is 1.61. The second kappa shape index (κ2) is 4.72. The van der Waals surface area contributed by atoms with Gasteiger partial charge >= 0.3 is 0 Å². The topological polar surface area (TPSA) is 65.9 Å². The Morgan fingerprint density at radius 2 is 2.11 bits per heavy atom. The number of benzene rings is 1. The molecule has 0 saturated heterocycles. The quantitative estimate of drug-likeness (QED) is 0.879. The normalized spacial score (nSPS) is 9.83. The highest BCUT2D eigenvalue weighted by Gasteiger charge is 2.09. The Balaban J connectivity index is 2.59. The number of aromatic nitrogens is 1. The van der Waals surface area contributed by atoms with Gasteiger partial charge in [0.15, 0.2) is 0 Å². The average molecular weight is 244 g/mol. The first-order valence-electron chi connectivity index (χ1n) is 5.13. The average Bonchev–Trinajstić information content (AvgIpc) is 2.38. The van der Waals surface area contributed by atoms with Crippen molar-refractivity contribution in [2.45, 2.75) is 0 Å². The Hall–Kier alpha value is -2.61. The predicted molar refractivity (Wildman–Crippen MR) is 63.7 cm³/mol. The van der Waals surface area contributed by atoms with E-state index in [0.29, 0.717) is 17.0 Å². The molecule has 0 spiro atoms. The molecule has 90 valence electrons. The standard InChI is InChI=1S/C13H9FN2O2/c1-18-12-6-9(14)3-4-10(12)11-5-2-8(7-15)13(17)16-11/h2-6H,1H3,(H,16,17). The van der Waals surface area contributed by atoms with Crippen LogP contribution in [-0.2, 0) is 0 Å². The first kappa shape index (κ1) is 11.9. The fourth-order valence-corrected chi connectivity index (χ4v) is 1.61. The lowest BCUT2D eigenvalue weighted by molar-refractivity contribution is 0.413. The van der Waals surface area contributed by atoms with Gasteiger partial charge in [-0.25, -0.2) is 4.39 Å². The van der Waals surface area contributed by atoms with Crippen molar-refractivity contribution in [1.29, 1.82) is 5.26 Å². The number of methoxy groups -OCH3 is 1. The summed E-state index contributed by atoms with van der Waals surface area (Å²) < 4.78 is 18.1. The van der Waals surface area contributed by atoms with Crippen LogP contribution in [0.25, 0.3) is 11.3 Å². The summed E-state index contributed by atoms with van der Waals surface area (Å²) in [7, 11) is 1.42. The summed E-state index contributed by atoms with van der Waals surface area (Å²) >= 11 is 0. The van der Waals surface area contributed by atoms with Crippen molar-refractivity contribution >= 4 is 0 Å². The summed E-state index contributed by atoms with van der Waals surface area (Å²) in [6.07, 6.45) is 0. The van der Waals surface area contributed by atoms with Crippen molar-refractivity contribution < 1.29 is 9.13 Å². The van der Waals surface area contributed by atoms with Crippen molar-refractivity contribution in [2.75, 3.05) is 7.11 Å². The van der Waals surface area contributed by atoms with Gasteiger partial charge in [0.1, 0.15) is 23.2 Å². The van der Waals surface area contributed by atoms with Crippen molar-refractivity contribution in [1.82, 2.24) is 4.98 Å². The van der Waals surface area contributed by atoms with E-state index < -0.39 is 11.4 Å². The molecule has 4 nitrogen and oxygen atoms in total. The highest BCUT2D eigenvalue weighted by Crippen LogP contribution is 2.28. The molecule has 1 heterocycles. The molecule has 0 aliphatic heterocycles. The number of H-pyrrole nitrogens is 1. The molecule has 0 saturated carbocycles. The van der Waals surface area contributed by atoms with Gasteiger partial charge in [0.25, 0.3) is 5.56 Å². The Bertz CT molecular complexity index is 686. The van der Waals surface area contributed by atoms with E-state index in [4.69, 9.17) is 10.00 Å². The molecule has 0 amide bonds. The van der Waals surface area contributed by atoms with Gasteiger partial charge in [-0.3, -0.25) is 4.79 Å². The highest BCUT2D eigenvalue weighted by molar-refractivity contribution is 5.67. The summed E-state index contributed by atoms with van der Waals surface area (Å²) in [5.74, 6) is -0.109. The molecular weight excluding hydrogens is 235 g/mol. The van der Waals surface area contributed by atoms with Crippen molar-refractivity contribution in [3.63, 3.8) is 0 Å². The second-order valence-corrected chi connectivity index (χ2v) is 3.57. The van der Waals surface area contributed by atoms with Crippen LogP contribution in [0.4, 0.5) is 4.39 Å². The first-order valence-corrected chi connectivity index (χ1v) is 5.13. The summed E-state index contributed by atoms with van der Waals surface area (Å²) in [6.45, 7) is 0. The molecule has 0 aliphatic carbocycles. The van der Waals surface area contributed by atoms with Crippen molar-refractivity contribution in [3.05, 3.63) is 52.1 Å². The number of pyridine rings is 1. The monoisotopic (exact) mass is 244 g/mol. The smallest absolute Gasteiger partial charge is 0.266 e. The summed E-state index contributed by atoms with van der Waals surface area (Å²) in [4.78, 5) is 14.1. The van der Waals surface area contributed by atoms with E-state index in [2.05, 4.69) is 4.98 Å². The first-order chi connectivity index (χ1) is 8.65. The number of hydrogen-bond acceptors (Lipinski definition) is 3. The van der Waals surface area contributed by atoms with Crippen molar-refractivity contribution in [2.24, 2.45) is 0 Å². The minimum atomic E-state index is -0.485. The van der Waals surface area contributed by atoms with E-state index in [1.807, 2.05) is 0 Å². The SMILES string of the molecule is COc1cc(F)ccc1-c1ccc(C#N)c(=O)[nH]1. The van der Waals surface area contributed by atoms with E-state index in [0.717, 1.165) is 0 Å². The zero-order chi connectivity index (χ0) is 13.1. The minimum Gasteiger partial charge on any atom is -0.496 e. The van der Waals surface area contributed by atoms with Crippen LogP contribution in [0.1, 0.15) is 5.56 Å². The molecular formula is C13H9FN2O2. The lowest BCUT2D eigenvalue weighted by Crippen LogP contribution is -2.10. The fraction of sp³-hybridized carbons (Fsp3) is 0.0769. The number of rotatable bonds is 2. The third-order valence-electron chi connectivity index (χ3n) is 2.48. The summed E-state index contributed by atoms with van der Waals surface area (Å²) in [5, 5.41) is 8.67. The van der Waals surface area contributed by atoms with Gasteiger partial charge in [0.2, 0.25) is 0 Å². The predicted octanol–water partition coefficient (Wildman–Crippen LogP) is 2.06. The van der Waals surface area contributed by atoms with E-state index in [9.17, 15) is 9.18 Å². The van der Waals surface area contributed by atoms with Gasteiger partial charge in [-0.05, 0) is 24.3 Å². The third-order valence-corrected chi connectivity index (χ3v) is 2.48. The number of nitrogens with zero attached hydrogens (tertiary/aromatic N) is 1. The lowest BCUT2D eigenvalue weighted by Gasteiger charge is -2.08. The van der Waals surface area contributed by atoms with Gasteiger partial charge in [0, 0.05) is 11.6 Å². The van der Waals surface area contributed by atoms with E-state index >= 15 is 0 Å². The molecule has 2 aromatic rings. The van der Waals surface area contributed by atoms with E-state index in [-0.39, 0.29) is 5.56 Å². The van der Waals surface area contributed by atoms with Gasteiger partial charge in [0.05, 0.1) is 12.8 Å². The molecule has 0 radical (unpaired) electrons. The largest absolute Gasteiger partial charge is 0.496 e. The van der Waals surface area contributed by atoms with Crippen LogP contribution in [0.5, 0.6) is 5.75 Å². The van der Waals surface area contributed by atoms with Crippen LogP contribution in [-0.4, -0.2) is 12.1 Å². The summed E-state index contributed by atoms with van der Waals surface area (Å²) in [5.41, 5.74) is 0.567. The maximum Gasteiger partial charge on any atom is 0.266 e. The number of hydrogen-bond donors (Lipinski definition) is 1. The molecule has 0 fully saturated rings. The lowest BCUT2D eigenvalue weighted by atomic mass is 10.1. The maximum atomic E-state index is 13.1. The molecule has 1 aromatic heterocycles. The minimum absolute atomic E-state index is 0.0276. The van der Waals surface area contributed by atoms with Crippen LogP contribution in [0.15, 0.2) is 35.1 Å². The zero-order valence-corrected chi connectivity index (χ0v) is 9.53. The van der Waals surface area contributed by atoms with Gasteiger partial charge < -0.3 is 9.72 Å². The van der Waals surface area contributed by atoms with Gasteiger partial charge in [-0.1, -0.05) is 0 Å². The molecule has 5 heteroatoms. The molecule has 18 heavy (non-hydrogen) atoms. The molecule has 1 aromatic carbocycles. The number of aromatic amines is 1. The number of nitriles is 1. The number of ether oxygens (including phenoxy) is 1. The van der Waals surface area contributed by atoms with Crippen LogP contribution in [0.3, 0.4) is 0 Å². The van der Waals surface area contributed by atoms with Gasteiger partial charge in [-0.2, -0.15) is 5.26 Å². The van der Waals surface area contributed by atoms with Crippen LogP contribution in [0.2, 0.25) is 0 Å². The molecule has 0 aliphatic rings. The number of halogens is 1. The molecule has 2 rings (SSSR count). The maximum absolute atomic E-state index is 13.1. The van der Waals surface area contributed by atoms with Crippen LogP contribution in [0, 0.1) is 17.1 Å². The third kappa shape index (κ3) is 2.09. The van der Waals surface area contributed by atoms with Crippen LogP contribution >= 0.6 is 0 Å². The summed E-state index contributed by atoms with van der Waals surface area (Å²) in [6, 6.07) is 8.78. The zero-order valence-electron chi connectivity index (χ0n) is 9.53. The molecule has 1 N–H and O–H groups in total. The molecule has 0 bridgehead atoms. The van der Waals surface area contributed by atoms with Crippen LogP contribution < -0.4 is 10.3 Å². The molecule has 0 atom stereocenters. The van der Waals surface area contributed by atoms with E-state index in [1.54, 1.807) is 12.1 Å². The van der Waals surface area contributed by atoms with E-state index in [1.165, 1.54) is 31.4 Å². The Kier molecular flexibility index (Phi) is 3.11. The number of nitrogens with one attached hydrogen (secondary N) is 1. The Morgan fingerprint density at radius 1 is 1.33 bits per heavy atom. The molecule has 0 unspecified atom stereocenters. The highest BCUT2D eigenvalue weighted by atomic mass is 19.1. The van der Waals surface area contributed by atoms with Crippen molar-refractivity contribution in [3.8, 4) is 23.1 Å². The Labute approximate surface area is 102 Å². The van der Waals surface area contributed by atoms with Gasteiger partial charge in [-0.15, -0.1) is 0 Å². The Morgan fingerprint density at radius 3 is 2.72 bits per heavy atom.